The summed E-state index contributed by atoms with van der Waals surface area (Å²) in [6.45, 7) is 3.75. The van der Waals surface area contributed by atoms with E-state index in [1.165, 1.54) is 0 Å². The Morgan fingerprint density at radius 3 is 3.09 bits per heavy atom. The fraction of sp³-hybridized carbons (Fsp3) is 0.562. The molecular weight excluding hydrogens is 278 g/mol. The van der Waals surface area contributed by atoms with Crippen molar-refractivity contribution in [1.82, 2.24) is 24.2 Å². The lowest BCUT2D eigenvalue weighted by atomic mass is 9.98. The van der Waals surface area contributed by atoms with Gasteiger partial charge in [0.15, 0.2) is 0 Å². The monoisotopic (exact) mass is 301 g/mol. The summed E-state index contributed by atoms with van der Waals surface area (Å²) in [5, 5.41) is 4.36. The number of imidazole rings is 1. The van der Waals surface area contributed by atoms with Crippen LogP contribution in [0.25, 0.3) is 0 Å². The van der Waals surface area contributed by atoms with Gasteiger partial charge in [0, 0.05) is 52.2 Å². The molecule has 2 aromatic heterocycles. The van der Waals surface area contributed by atoms with Crippen LogP contribution in [0.5, 0.6) is 0 Å². The molecule has 3 rings (SSSR count). The predicted molar refractivity (Wildman–Crippen MR) is 83.6 cm³/mol. The highest BCUT2D eigenvalue weighted by atomic mass is 16.2. The van der Waals surface area contributed by atoms with Crippen molar-refractivity contribution in [2.24, 2.45) is 13.0 Å². The smallest absolute Gasteiger partial charge is 0.257 e. The van der Waals surface area contributed by atoms with Crippen LogP contribution in [0.2, 0.25) is 0 Å². The molecule has 0 radical (unpaired) electrons. The SMILES string of the molecule is CCc1nn(C)cc1C(=O)N(C)C[C@@H]1CCc2nccn2C1. The Morgan fingerprint density at radius 1 is 1.50 bits per heavy atom. The normalized spacial score (nSPS) is 17.3. The molecule has 0 N–H and O–H groups in total. The topological polar surface area (TPSA) is 56.0 Å². The van der Waals surface area contributed by atoms with Gasteiger partial charge < -0.3 is 9.47 Å². The first-order chi connectivity index (χ1) is 10.6. The molecule has 1 aliphatic heterocycles. The van der Waals surface area contributed by atoms with E-state index < -0.39 is 0 Å². The van der Waals surface area contributed by atoms with E-state index in [0.29, 0.717) is 5.92 Å². The molecule has 2 aromatic rings. The second-order valence-corrected chi connectivity index (χ2v) is 6.10. The van der Waals surface area contributed by atoms with E-state index in [4.69, 9.17) is 0 Å². The minimum Gasteiger partial charge on any atom is -0.341 e. The average Bonchev–Trinajstić information content (AvgIpc) is 3.11. The number of hydrogen-bond donors (Lipinski definition) is 0. The van der Waals surface area contributed by atoms with Crippen molar-refractivity contribution in [1.29, 1.82) is 0 Å². The number of carbonyl (C=O) groups excluding carboxylic acids is 1. The molecule has 0 aromatic carbocycles. The van der Waals surface area contributed by atoms with Crippen LogP contribution < -0.4 is 0 Å². The Labute approximate surface area is 130 Å². The largest absolute Gasteiger partial charge is 0.341 e. The molecule has 1 aliphatic rings. The van der Waals surface area contributed by atoms with Gasteiger partial charge in [-0.1, -0.05) is 6.92 Å². The van der Waals surface area contributed by atoms with E-state index in [-0.39, 0.29) is 5.91 Å². The first-order valence-corrected chi connectivity index (χ1v) is 7.86. The van der Waals surface area contributed by atoms with Crippen molar-refractivity contribution in [2.75, 3.05) is 13.6 Å². The van der Waals surface area contributed by atoms with Gasteiger partial charge in [0.2, 0.25) is 0 Å². The van der Waals surface area contributed by atoms with Crippen molar-refractivity contribution >= 4 is 5.91 Å². The van der Waals surface area contributed by atoms with E-state index in [2.05, 4.69) is 14.6 Å². The Kier molecular flexibility index (Phi) is 4.00. The fourth-order valence-electron chi connectivity index (χ4n) is 3.24. The van der Waals surface area contributed by atoms with Crippen LogP contribution in [0.4, 0.5) is 0 Å². The van der Waals surface area contributed by atoms with E-state index in [1.807, 2.05) is 44.5 Å². The maximum atomic E-state index is 12.7. The van der Waals surface area contributed by atoms with Crippen LogP contribution in [0.3, 0.4) is 0 Å². The summed E-state index contributed by atoms with van der Waals surface area (Å²) in [5.41, 5.74) is 1.60. The maximum absolute atomic E-state index is 12.7. The molecule has 1 amide bonds. The summed E-state index contributed by atoms with van der Waals surface area (Å²) >= 11 is 0. The van der Waals surface area contributed by atoms with Crippen LogP contribution in [0, 0.1) is 5.92 Å². The van der Waals surface area contributed by atoms with Crippen LogP contribution in [-0.4, -0.2) is 43.7 Å². The molecular formula is C16H23N5O. The van der Waals surface area contributed by atoms with Crippen molar-refractivity contribution < 1.29 is 4.79 Å². The third-order valence-corrected chi connectivity index (χ3v) is 4.38. The lowest BCUT2D eigenvalue weighted by molar-refractivity contribution is 0.0759. The maximum Gasteiger partial charge on any atom is 0.257 e. The highest BCUT2D eigenvalue weighted by molar-refractivity contribution is 5.95. The van der Waals surface area contributed by atoms with E-state index in [0.717, 1.165) is 49.4 Å². The Balaban J connectivity index is 1.67. The lowest BCUT2D eigenvalue weighted by Gasteiger charge is -2.28. The first-order valence-electron chi connectivity index (χ1n) is 7.86. The van der Waals surface area contributed by atoms with Crippen molar-refractivity contribution in [3.8, 4) is 0 Å². The van der Waals surface area contributed by atoms with E-state index >= 15 is 0 Å². The van der Waals surface area contributed by atoms with Crippen molar-refractivity contribution in [3.63, 3.8) is 0 Å². The average molecular weight is 301 g/mol. The molecule has 118 valence electrons. The number of rotatable bonds is 4. The molecule has 0 spiro atoms. The van der Waals surface area contributed by atoms with Gasteiger partial charge in [-0.3, -0.25) is 9.48 Å². The summed E-state index contributed by atoms with van der Waals surface area (Å²) < 4.78 is 3.92. The van der Waals surface area contributed by atoms with Crippen LogP contribution in [0.15, 0.2) is 18.6 Å². The Morgan fingerprint density at radius 2 is 2.32 bits per heavy atom. The summed E-state index contributed by atoms with van der Waals surface area (Å²) in [4.78, 5) is 18.8. The van der Waals surface area contributed by atoms with Crippen LogP contribution in [-0.2, 0) is 26.4 Å². The zero-order valence-corrected chi connectivity index (χ0v) is 13.5. The first kappa shape index (κ1) is 14.8. The van der Waals surface area contributed by atoms with Gasteiger partial charge in [-0.15, -0.1) is 0 Å². The zero-order chi connectivity index (χ0) is 15.7. The van der Waals surface area contributed by atoms with Gasteiger partial charge in [-0.05, 0) is 18.8 Å². The number of hydrogen-bond acceptors (Lipinski definition) is 3. The molecule has 0 bridgehead atoms. The number of aromatic nitrogens is 4. The summed E-state index contributed by atoms with van der Waals surface area (Å²) in [6.07, 6.45) is 8.56. The Hall–Kier alpha value is -2.11. The van der Waals surface area contributed by atoms with E-state index in [9.17, 15) is 4.79 Å². The van der Waals surface area contributed by atoms with Gasteiger partial charge >= 0.3 is 0 Å². The fourth-order valence-corrected chi connectivity index (χ4v) is 3.24. The third-order valence-electron chi connectivity index (χ3n) is 4.38. The number of nitrogens with zero attached hydrogens (tertiary/aromatic N) is 5. The molecule has 0 aliphatic carbocycles. The minimum atomic E-state index is 0.0707. The highest BCUT2D eigenvalue weighted by Gasteiger charge is 2.24. The standard InChI is InChI=1S/C16H23N5O/c1-4-14-13(11-20(3)18-14)16(22)19(2)9-12-5-6-15-17-7-8-21(15)10-12/h7-8,11-12H,4-6,9-10H2,1-3H3/t12-/m0/s1. The number of amides is 1. The van der Waals surface area contributed by atoms with Gasteiger partial charge in [0.25, 0.3) is 5.91 Å². The van der Waals surface area contributed by atoms with Crippen molar-refractivity contribution in [3.05, 3.63) is 35.7 Å². The summed E-state index contributed by atoms with van der Waals surface area (Å²) in [7, 11) is 3.75. The molecule has 0 saturated carbocycles. The lowest BCUT2D eigenvalue weighted by Crippen LogP contribution is -2.35. The van der Waals surface area contributed by atoms with Crippen LogP contribution >= 0.6 is 0 Å². The number of fused-ring (bicyclic) bond motifs is 1. The third kappa shape index (κ3) is 2.77. The predicted octanol–water partition coefficient (Wildman–Crippen LogP) is 1.51. The second-order valence-electron chi connectivity index (χ2n) is 6.10. The molecule has 1 atom stereocenters. The number of aryl methyl sites for hydroxylation is 3. The van der Waals surface area contributed by atoms with Gasteiger partial charge in [-0.25, -0.2) is 4.98 Å². The zero-order valence-electron chi connectivity index (χ0n) is 13.5. The van der Waals surface area contributed by atoms with Gasteiger partial charge in [-0.2, -0.15) is 5.10 Å². The van der Waals surface area contributed by atoms with E-state index in [1.54, 1.807) is 4.68 Å². The summed E-state index contributed by atoms with van der Waals surface area (Å²) in [5.74, 6) is 1.71. The Bertz CT molecular complexity index is 672. The molecule has 3 heterocycles. The quantitative estimate of drug-likeness (QED) is 0.860. The molecule has 0 saturated heterocycles. The molecule has 22 heavy (non-hydrogen) atoms. The molecule has 0 fully saturated rings. The highest BCUT2D eigenvalue weighted by Crippen LogP contribution is 2.20. The minimum absolute atomic E-state index is 0.0707. The van der Waals surface area contributed by atoms with Gasteiger partial charge in [0.05, 0.1) is 11.3 Å². The molecule has 6 heteroatoms. The van der Waals surface area contributed by atoms with Gasteiger partial charge in [0.1, 0.15) is 5.82 Å². The molecule has 6 nitrogen and oxygen atoms in total. The summed E-state index contributed by atoms with van der Waals surface area (Å²) in [6, 6.07) is 0. The van der Waals surface area contributed by atoms with Crippen LogP contribution in [0.1, 0.15) is 35.2 Å². The number of carbonyl (C=O) groups is 1. The van der Waals surface area contributed by atoms with Crippen molar-refractivity contribution in [2.45, 2.75) is 32.7 Å². The molecule has 0 unspecified atom stereocenters. The second kappa shape index (κ2) is 5.94.